The van der Waals surface area contributed by atoms with Crippen LogP contribution in [0.4, 0.5) is 5.69 Å². The van der Waals surface area contributed by atoms with Crippen molar-refractivity contribution < 1.29 is 0 Å². The van der Waals surface area contributed by atoms with E-state index in [0.717, 1.165) is 5.56 Å². The van der Waals surface area contributed by atoms with Gasteiger partial charge in [0.15, 0.2) is 0 Å². The lowest BCUT2D eigenvalue weighted by Gasteiger charge is -2.06. The molecule has 2 rings (SSSR count). The monoisotopic (exact) mass is 231 g/mol. The van der Waals surface area contributed by atoms with Crippen LogP contribution in [-0.4, -0.2) is 9.13 Å². The fourth-order valence-electron chi connectivity index (χ4n) is 1.63. The minimum Gasteiger partial charge on any atom is -0.399 e. The molecule has 0 aliphatic rings. The van der Waals surface area contributed by atoms with Crippen LogP contribution in [0.5, 0.6) is 0 Å². The number of nitrogen functional groups attached to an aromatic ring is 1. The van der Waals surface area contributed by atoms with Gasteiger partial charge in [-0.05, 0) is 17.7 Å². The molecule has 0 aliphatic heterocycles. The van der Waals surface area contributed by atoms with E-state index in [-0.39, 0.29) is 17.8 Å². The maximum Gasteiger partial charge on any atom is 0.331 e. The Kier molecular flexibility index (Phi) is 2.82. The summed E-state index contributed by atoms with van der Waals surface area (Å²) in [5.74, 6) is 0. The normalized spacial score (nSPS) is 10.4. The molecule has 1 heterocycles. The van der Waals surface area contributed by atoms with E-state index in [1.54, 1.807) is 25.2 Å². The third kappa shape index (κ3) is 2.28. The lowest BCUT2D eigenvalue weighted by atomic mass is 10.2. The number of nitrogens with zero attached hydrogens (tertiary/aromatic N) is 2. The van der Waals surface area contributed by atoms with Gasteiger partial charge in [0.25, 0.3) is 5.56 Å². The summed E-state index contributed by atoms with van der Waals surface area (Å²) in [4.78, 5) is 23.4. The molecule has 0 saturated heterocycles. The second kappa shape index (κ2) is 4.29. The van der Waals surface area contributed by atoms with Gasteiger partial charge in [0.05, 0.1) is 6.54 Å². The molecule has 5 nitrogen and oxygen atoms in total. The SMILES string of the molecule is Cn1ccc(=O)n(Cc2cccc(N)c2)c1=O. The highest BCUT2D eigenvalue weighted by Crippen LogP contribution is 2.06. The zero-order chi connectivity index (χ0) is 12.4. The molecule has 5 heteroatoms. The quantitative estimate of drug-likeness (QED) is 0.749. The highest BCUT2D eigenvalue weighted by molar-refractivity contribution is 5.40. The van der Waals surface area contributed by atoms with Gasteiger partial charge in [-0.25, -0.2) is 4.79 Å². The van der Waals surface area contributed by atoms with E-state index in [4.69, 9.17) is 5.73 Å². The third-order valence-corrected chi connectivity index (χ3v) is 2.53. The topological polar surface area (TPSA) is 70.0 Å². The van der Waals surface area contributed by atoms with Gasteiger partial charge >= 0.3 is 5.69 Å². The molecule has 1 aromatic heterocycles. The molecular weight excluding hydrogens is 218 g/mol. The van der Waals surface area contributed by atoms with E-state index in [1.165, 1.54) is 21.4 Å². The zero-order valence-corrected chi connectivity index (χ0v) is 9.46. The average Bonchev–Trinajstić information content (AvgIpc) is 2.30. The molecule has 0 fully saturated rings. The number of nitrogens with two attached hydrogens (primary N) is 1. The Balaban J connectivity index is 2.47. The van der Waals surface area contributed by atoms with Crippen molar-refractivity contribution >= 4 is 5.69 Å². The molecule has 17 heavy (non-hydrogen) atoms. The van der Waals surface area contributed by atoms with Gasteiger partial charge in [-0.3, -0.25) is 9.36 Å². The Hall–Kier alpha value is -2.30. The van der Waals surface area contributed by atoms with Gasteiger partial charge in [0.2, 0.25) is 0 Å². The van der Waals surface area contributed by atoms with Gasteiger partial charge < -0.3 is 10.3 Å². The van der Waals surface area contributed by atoms with E-state index in [2.05, 4.69) is 0 Å². The van der Waals surface area contributed by atoms with Crippen molar-refractivity contribution in [2.45, 2.75) is 6.54 Å². The number of hydrogen-bond acceptors (Lipinski definition) is 3. The van der Waals surface area contributed by atoms with Crippen LogP contribution in [0, 0.1) is 0 Å². The second-order valence-electron chi connectivity index (χ2n) is 3.88. The van der Waals surface area contributed by atoms with E-state index in [0.29, 0.717) is 5.69 Å². The van der Waals surface area contributed by atoms with Gasteiger partial charge in [0.1, 0.15) is 0 Å². The first-order chi connectivity index (χ1) is 8.08. The van der Waals surface area contributed by atoms with E-state index >= 15 is 0 Å². The molecule has 0 bridgehead atoms. The molecule has 0 atom stereocenters. The molecular formula is C12H13N3O2. The van der Waals surface area contributed by atoms with E-state index < -0.39 is 0 Å². The second-order valence-corrected chi connectivity index (χ2v) is 3.88. The van der Waals surface area contributed by atoms with Crippen LogP contribution in [0.2, 0.25) is 0 Å². The number of rotatable bonds is 2. The van der Waals surface area contributed by atoms with Gasteiger partial charge in [-0.2, -0.15) is 0 Å². The van der Waals surface area contributed by atoms with Crippen molar-refractivity contribution in [3.05, 3.63) is 62.9 Å². The molecule has 0 unspecified atom stereocenters. The number of hydrogen-bond donors (Lipinski definition) is 1. The lowest BCUT2D eigenvalue weighted by Crippen LogP contribution is -2.38. The number of aryl methyl sites for hydroxylation is 1. The first-order valence-electron chi connectivity index (χ1n) is 5.19. The third-order valence-electron chi connectivity index (χ3n) is 2.53. The number of aromatic nitrogens is 2. The van der Waals surface area contributed by atoms with Crippen molar-refractivity contribution in [1.82, 2.24) is 9.13 Å². The Morgan fingerprint density at radius 1 is 1.24 bits per heavy atom. The Morgan fingerprint density at radius 3 is 2.71 bits per heavy atom. The van der Waals surface area contributed by atoms with Crippen molar-refractivity contribution in [3.8, 4) is 0 Å². The molecule has 2 N–H and O–H groups in total. The summed E-state index contributed by atoms with van der Waals surface area (Å²) < 4.78 is 2.54. The van der Waals surface area contributed by atoms with Crippen LogP contribution in [-0.2, 0) is 13.6 Å². The van der Waals surface area contributed by atoms with Crippen molar-refractivity contribution in [3.63, 3.8) is 0 Å². The molecule has 0 radical (unpaired) electrons. The zero-order valence-electron chi connectivity index (χ0n) is 9.46. The maximum atomic E-state index is 11.8. The molecule has 88 valence electrons. The number of benzene rings is 1. The van der Waals surface area contributed by atoms with Crippen molar-refractivity contribution in [2.24, 2.45) is 7.05 Å². The lowest BCUT2D eigenvalue weighted by molar-refractivity contribution is 0.640. The molecule has 2 aromatic rings. The first-order valence-corrected chi connectivity index (χ1v) is 5.19. The molecule has 0 saturated carbocycles. The van der Waals surface area contributed by atoms with Crippen LogP contribution in [0.3, 0.4) is 0 Å². The van der Waals surface area contributed by atoms with Crippen molar-refractivity contribution in [1.29, 1.82) is 0 Å². The Morgan fingerprint density at radius 2 is 2.00 bits per heavy atom. The summed E-state index contributed by atoms with van der Waals surface area (Å²) in [5.41, 5.74) is 6.45. The predicted octanol–water partition coefficient (Wildman–Crippen LogP) is 0.178. The minimum atomic E-state index is -0.333. The Bertz CT molecular complexity index is 655. The largest absolute Gasteiger partial charge is 0.399 e. The molecule has 0 amide bonds. The van der Waals surface area contributed by atoms with Crippen LogP contribution in [0.25, 0.3) is 0 Å². The molecule has 0 aliphatic carbocycles. The summed E-state index contributed by atoms with van der Waals surface area (Å²) in [7, 11) is 1.61. The highest BCUT2D eigenvalue weighted by Gasteiger charge is 2.03. The van der Waals surface area contributed by atoms with Crippen LogP contribution in [0.15, 0.2) is 46.1 Å². The van der Waals surface area contributed by atoms with Crippen LogP contribution < -0.4 is 17.0 Å². The molecule has 0 spiro atoms. The van der Waals surface area contributed by atoms with Crippen molar-refractivity contribution in [2.75, 3.05) is 5.73 Å². The fraction of sp³-hybridized carbons (Fsp3) is 0.167. The summed E-state index contributed by atoms with van der Waals surface area (Å²) in [6.45, 7) is 0.234. The summed E-state index contributed by atoms with van der Waals surface area (Å²) in [6.07, 6.45) is 1.46. The summed E-state index contributed by atoms with van der Waals surface area (Å²) >= 11 is 0. The van der Waals surface area contributed by atoms with Crippen LogP contribution in [0.1, 0.15) is 5.56 Å². The van der Waals surface area contributed by atoms with Gasteiger partial charge in [-0.1, -0.05) is 12.1 Å². The van der Waals surface area contributed by atoms with E-state index in [9.17, 15) is 9.59 Å². The minimum absolute atomic E-state index is 0.234. The standard InChI is InChI=1S/C12H13N3O2/c1-14-6-5-11(16)15(12(14)17)8-9-3-2-4-10(13)7-9/h2-7H,8,13H2,1H3. The van der Waals surface area contributed by atoms with Gasteiger partial charge in [0, 0.05) is 25.0 Å². The maximum absolute atomic E-state index is 11.8. The average molecular weight is 231 g/mol. The number of anilines is 1. The van der Waals surface area contributed by atoms with Gasteiger partial charge in [-0.15, -0.1) is 0 Å². The highest BCUT2D eigenvalue weighted by atomic mass is 16.2. The molecule has 1 aromatic carbocycles. The predicted molar refractivity (Wildman–Crippen MR) is 65.9 cm³/mol. The summed E-state index contributed by atoms with van der Waals surface area (Å²) in [5, 5.41) is 0. The smallest absolute Gasteiger partial charge is 0.331 e. The summed E-state index contributed by atoms with van der Waals surface area (Å²) in [6, 6.07) is 8.50. The first kappa shape index (κ1) is 11.2. The van der Waals surface area contributed by atoms with Crippen LogP contribution >= 0.6 is 0 Å². The van der Waals surface area contributed by atoms with E-state index in [1.807, 2.05) is 6.07 Å². The fourth-order valence-corrected chi connectivity index (χ4v) is 1.63. The Labute approximate surface area is 97.7 Å².